The van der Waals surface area contributed by atoms with E-state index in [1.54, 1.807) is 23.0 Å². The Labute approximate surface area is 125 Å². The molecule has 0 amide bonds. The number of hydrogen-bond donors (Lipinski definition) is 1. The Kier molecular flexibility index (Phi) is 3.68. The number of benzene rings is 1. The van der Waals surface area contributed by atoms with Gasteiger partial charge in [-0.25, -0.2) is 4.68 Å². The van der Waals surface area contributed by atoms with Gasteiger partial charge in [-0.15, -0.1) is 5.10 Å². The van der Waals surface area contributed by atoms with Gasteiger partial charge in [0.2, 0.25) is 11.7 Å². The molecule has 0 bridgehead atoms. The summed E-state index contributed by atoms with van der Waals surface area (Å²) in [5.74, 6) is 0.954. The lowest BCUT2D eigenvalue weighted by atomic mass is 10.2. The second kappa shape index (κ2) is 5.63. The van der Waals surface area contributed by atoms with Crippen molar-refractivity contribution >= 4 is 11.6 Å². The summed E-state index contributed by atoms with van der Waals surface area (Å²) >= 11 is 5.85. The minimum atomic E-state index is -0.161. The first-order valence-electron chi connectivity index (χ1n) is 6.36. The maximum Gasteiger partial charge on any atom is 0.248 e. The lowest BCUT2D eigenvalue weighted by Crippen LogP contribution is -2.05. The fourth-order valence-corrected chi connectivity index (χ4v) is 1.90. The van der Waals surface area contributed by atoms with Crippen LogP contribution in [0.1, 0.15) is 24.6 Å². The predicted molar refractivity (Wildman–Crippen MR) is 76.5 cm³/mol. The molecular weight excluding hydrogens is 292 g/mol. The molecule has 1 aromatic carbocycles. The molecule has 1 atom stereocenters. The van der Waals surface area contributed by atoms with Crippen LogP contribution in [0.4, 0.5) is 0 Å². The summed E-state index contributed by atoms with van der Waals surface area (Å²) in [4.78, 5) is 4.32. The van der Waals surface area contributed by atoms with Gasteiger partial charge in [-0.3, -0.25) is 0 Å². The van der Waals surface area contributed by atoms with Crippen molar-refractivity contribution in [3.05, 3.63) is 47.1 Å². The average molecular weight is 305 g/mol. The van der Waals surface area contributed by atoms with Crippen LogP contribution in [0, 0.1) is 0 Å². The van der Waals surface area contributed by atoms with Crippen LogP contribution >= 0.6 is 11.6 Å². The zero-order valence-corrected chi connectivity index (χ0v) is 12.0. The molecule has 2 aromatic heterocycles. The summed E-state index contributed by atoms with van der Waals surface area (Å²) in [5.41, 5.74) is 7.29. The predicted octanol–water partition coefficient (Wildman–Crippen LogP) is 2.05. The van der Waals surface area contributed by atoms with Gasteiger partial charge in [-0.2, -0.15) is 4.98 Å². The average Bonchev–Trinajstić information content (AvgIpc) is 3.10. The number of halogens is 1. The highest BCUT2D eigenvalue weighted by Crippen LogP contribution is 2.18. The van der Waals surface area contributed by atoms with Crippen molar-refractivity contribution in [1.29, 1.82) is 0 Å². The van der Waals surface area contributed by atoms with Crippen molar-refractivity contribution < 1.29 is 4.52 Å². The van der Waals surface area contributed by atoms with E-state index in [4.69, 9.17) is 21.9 Å². The number of hydrogen-bond acceptors (Lipinski definition) is 6. The Morgan fingerprint density at radius 3 is 2.76 bits per heavy atom. The van der Waals surface area contributed by atoms with Crippen LogP contribution in [-0.4, -0.2) is 25.1 Å². The van der Waals surface area contributed by atoms with E-state index in [0.717, 1.165) is 5.56 Å². The van der Waals surface area contributed by atoms with Gasteiger partial charge in [-0.05, 0) is 31.2 Å². The van der Waals surface area contributed by atoms with Gasteiger partial charge in [0.15, 0.2) is 0 Å². The molecule has 108 valence electrons. The van der Waals surface area contributed by atoms with Crippen LogP contribution in [0.3, 0.4) is 0 Å². The zero-order chi connectivity index (χ0) is 14.8. The first-order chi connectivity index (χ1) is 10.1. The SMILES string of the molecule is CC(N)c1cn(Cc2nc(-c3ccc(Cl)cc3)no2)nn1. The van der Waals surface area contributed by atoms with Crippen molar-refractivity contribution in [2.75, 3.05) is 0 Å². The molecule has 0 saturated heterocycles. The fourth-order valence-electron chi connectivity index (χ4n) is 1.77. The van der Waals surface area contributed by atoms with Gasteiger partial charge < -0.3 is 10.3 Å². The van der Waals surface area contributed by atoms with E-state index >= 15 is 0 Å². The monoisotopic (exact) mass is 304 g/mol. The van der Waals surface area contributed by atoms with E-state index in [9.17, 15) is 0 Å². The number of aromatic nitrogens is 5. The summed E-state index contributed by atoms with van der Waals surface area (Å²) < 4.78 is 6.82. The molecule has 0 aliphatic carbocycles. The third kappa shape index (κ3) is 3.09. The van der Waals surface area contributed by atoms with Crippen molar-refractivity contribution in [3.8, 4) is 11.4 Å². The largest absolute Gasteiger partial charge is 0.337 e. The van der Waals surface area contributed by atoms with Gasteiger partial charge in [0, 0.05) is 16.6 Å². The zero-order valence-electron chi connectivity index (χ0n) is 11.3. The highest BCUT2D eigenvalue weighted by molar-refractivity contribution is 6.30. The lowest BCUT2D eigenvalue weighted by Gasteiger charge is -1.96. The second-order valence-corrected chi connectivity index (χ2v) is 5.08. The smallest absolute Gasteiger partial charge is 0.248 e. The molecule has 7 nitrogen and oxygen atoms in total. The molecule has 8 heteroatoms. The van der Waals surface area contributed by atoms with E-state index in [0.29, 0.717) is 29.0 Å². The molecule has 2 N–H and O–H groups in total. The molecule has 21 heavy (non-hydrogen) atoms. The Morgan fingerprint density at radius 2 is 2.10 bits per heavy atom. The maximum absolute atomic E-state index is 5.85. The van der Waals surface area contributed by atoms with Crippen LogP contribution in [0.15, 0.2) is 35.0 Å². The van der Waals surface area contributed by atoms with E-state index in [1.165, 1.54) is 0 Å². The van der Waals surface area contributed by atoms with Crippen LogP contribution in [0.5, 0.6) is 0 Å². The molecule has 0 spiro atoms. The molecule has 0 saturated carbocycles. The summed E-state index contributed by atoms with van der Waals surface area (Å²) in [7, 11) is 0. The Bertz CT molecular complexity index is 733. The van der Waals surface area contributed by atoms with Gasteiger partial charge in [0.1, 0.15) is 6.54 Å². The molecule has 0 fully saturated rings. The number of nitrogens with zero attached hydrogens (tertiary/aromatic N) is 5. The summed E-state index contributed by atoms with van der Waals surface area (Å²) in [5, 5.41) is 12.5. The number of nitrogens with two attached hydrogens (primary N) is 1. The van der Waals surface area contributed by atoms with Crippen molar-refractivity contribution in [2.45, 2.75) is 19.5 Å². The first-order valence-corrected chi connectivity index (χ1v) is 6.74. The van der Waals surface area contributed by atoms with E-state index in [2.05, 4.69) is 20.5 Å². The topological polar surface area (TPSA) is 95.7 Å². The van der Waals surface area contributed by atoms with Crippen LogP contribution in [0.25, 0.3) is 11.4 Å². The Hall–Kier alpha value is -2.25. The highest BCUT2D eigenvalue weighted by Gasteiger charge is 2.11. The highest BCUT2D eigenvalue weighted by atomic mass is 35.5. The minimum Gasteiger partial charge on any atom is -0.337 e. The van der Waals surface area contributed by atoms with Crippen molar-refractivity contribution in [2.24, 2.45) is 5.73 Å². The van der Waals surface area contributed by atoms with E-state index < -0.39 is 0 Å². The van der Waals surface area contributed by atoms with Gasteiger partial charge in [0.25, 0.3) is 0 Å². The normalized spacial score (nSPS) is 12.5. The summed E-state index contributed by atoms with van der Waals surface area (Å²) in [6, 6.07) is 7.06. The summed E-state index contributed by atoms with van der Waals surface area (Å²) in [6.45, 7) is 2.19. The fraction of sp³-hybridized carbons (Fsp3) is 0.231. The third-order valence-electron chi connectivity index (χ3n) is 2.89. The minimum absolute atomic E-state index is 0.161. The van der Waals surface area contributed by atoms with Gasteiger partial charge >= 0.3 is 0 Å². The third-order valence-corrected chi connectivity index (χ3v) is 3.14. The first kappa shape index (κ1) is 13.7. The lowest BCUT2D eigenvalue weighted by molar-refractivity contribution is 0.364. The standard InChI is InChI=1S/C13H13ClN6O/c1-8(15)11-6-20(19-17-11)7-12-16-13(18-21-12)9-2-4-10(14)5-3-9/h2-6,8H,7,15H2,1H3. The van der Waals surface area contributed by atoms with Crippen LogP contribution in [-0.2, 0) is 6.54 Å². The quantitative estimate of drug-likeness (QED) is 0.792. The van der Waals surface area contributed by atoms with Crippen LogP contribution < -0.4 is 5.73 Å². The Balaban J connectivity index is 1.76. The van der Waals surface area contributed by atoms with Gasteiger partial charge in [0.05, 0.1) is 11.9 Å². The molecule has 0 aliphatic rings. The van der Waals surface area contributed by atoms with Crippen molar-refractivity contribution in [1.82, 2.24) is 25.1 Å². The molecular formula is C13H13ClN6O. The van der Waals surface area contributed by atoms with Crippen molar-refractivity contribution in [3.63, 3.8) is 0 Å². The molecule has 2 heterocycles. The van der Waals surface area contributed by atoms with Gasteiger partial charge in [-0.1, -0.05) is 22.0 Å². The molecule has 3 aromatic rings. The molecule has 3 rings (SSSR count). The van der Waals surface area contributed by atoms with Crippen LogP contribution in [0.2, 0.25) is 5.02 Å². The molecule has 0 radical (unpaired) electrons. The summed E-state index contributed by atoms with van der Waals surface area (Å²) in [6.07, 6.45) is 1.76. The molecule has 0 aliphatic heterocycles. The molecule has 1 unspecified atom stereocenters. The van der Waals surface area contributed by atoms with E-state index in [1.807, 2.05) is 19.1 Å². The Morgan fingerprint density at radius 1 is 1.33 bits per heavy atom. The number of rotatable bonds is 4. The van der Waals surface area contributed by atoms with E-state index in [-0.39, 0.29) is 6.04 Å². The maximum atomic E-state index is 5.85. The second-order valence-electron chi connectivity index (χ2n) is 4.65.